The average Bonchev–Trinajstić information content (AvgIpc) is 2.33. The van der Waals surface area contributed by atoms with Crippen molar-refractivity contribution in [2.45, 2.75) is 60.4 Å². The Morgan fingerprint density at radius 1 is 1.25 bits per heavy atom. The highest BCUT2D eigenvalue weighted by Gasteiger charge is 2.23. The van der Waals surface area contributed by atoms with Crippen LogP contribution in [0.25, 0.3) is 0 Å². The minimum absolute atomic E-state index is 0.135. The highest BCUT2D eigenvalue weighted by atomic mass is 19.1. The van der Waals surface area contributed by atoms with E-state index in [0.717, 1.165) is 24.9 Å². The first-order chi connectivity index (χ1) is 9.24. The van der Waals surface area contributed by atoms with Crippen molar-refractivity contribution in [1.29, 1.82) is 0 Å². The summed E-state index contributed by atoms with van der Waals surface area (Å²) in [6.07, 6.45) is 2.02. The van der Waals surface area contributed by atoms with Gasteiger partial charge in [-0.3, -0.25) is 0 Å². The number of halogens is 1. The Balaban J connectivity index is 2.79. The van der Waals surface area contributed by atoms with Gasteiger partial charge in [0.05, 0.1) is 0 Å². The Morgan fingerprint density at radius 3 is 2.45 bits per heavy atom. The maximum absolute atomic E-state index is 13.4. The van der Waals surface area contributed by atoms with Gasteiger partial charge >= 0.3 is 0 Å². The van der Waals surface area contributed by atoms with E-state index in [4.69, 9.17) is 0 Å². The van der Waals surface area contributed by atoms with Crippen molar-refractivity contribution in [3.8, 4) is 0 Å². The molecular formula is C18H30FN. The van der Waals surface area contributed by atoms with Gasteiger partial charge in [-0.15, -0.1) is 0 Å². The van der Waals surface area contributed by atoms with Crippen LogP contribution < -0.4 is 5.32 Å². The molecule has 1 aromatic rings. The third kappa shape index (κ3) is 5.24. The zero-order valence-corrected chi connectivity index (χ0v) is 13.9. The fourth-order valence-corrected chi connectivity index (χ4v) is 2.43. The lowest BCUT2D eigenvalue weighted by Gasteiger charge is -2.31. The Hall–Kier alpha value is -0.890. The van der Waals surface area contributed by atoms with Gasteiger partial charge in [0.1, 0.15) is 5.82 Å². The number of benzene rings is 1. The van der Waals surface area contributed by atoms with Gasteiger partial charge in [-0.05, 0) is 60.9 Å². The first kappa shape index (κ1) is 17.2. The average molecular weight is 279 g/mol. The number of likely N-dealkylation sites (N-methyl/N-ethyl adjacent to an activating group) is 1. The molecule has 0 radical (unpaired) electrons. The molecule has 0 saturated heterocycles. The molecule has 0 aliphatic carbocycles. The molecular weight excluding hydrogens is 249 g/mol. The van der Waals surface area contributed by atoms with Crippen LogP contribution in [0.1, 0.15) is 52.2 Å². The van der Waals surface area contributed by atoms with Gasteiger partial charge < -0.3 is 5.32 Å². The fourth-order valence-electron chi connectivity index (χ4n) is 2.43. The van der Waals surface area contributed by atoms with Crippen molar-refractivity contribution >= 4 is 0 Å². The van der Waals surface area contributed by atoms with E-state index in [-0.39, 0.29) is 5.82 Å². The topological polar surface area (TPSA) is 12.0 Å². The number of hydrogen-bond donors (Lipinski definition) is 1. The van der Waals surface area contributed by atoms with E-state index >= 15 is 0 Å². The summed E-state index contributed by atoms with van der Waals surface area (Å²) in [4.78, 5) is 0. The van der Waals surface area contributed by atoms with Gasteiger partial charge in [-0.2, -0.15) is 0 Å². The standard InChI is InChI=1S/C18H30FN/c1-7-20-17(10-14(3)18(4,5)6)12-15-11-16(19)9-8-13(15)2/h8-9,11,14,17,20H,7,10,12H2,1-6H3. The molecule has 2 atom stereocenters. The van der Waals surface area contributed by atoms with E-state index in [1.807, 2.05) is 6.07 Å². The summed E-state index contributed by atoms with van der Waals surface area (Å²) in [6, 6.07) is 5.51. The van der Waals surface area contributed by atoms with Crippen molar-refractivity contribution in [1.82, 2.24) is 5.32 Å². The van der Waals surface area contributed by atoms with Crippen LogP contribution in [-0.4, -0.2) is 12.6 Å². The third-order valence-corrected chi connectivity index (χ3v) is 4.39. The van der Waals surface area contributed by atoms with E-state index in [9.17, 15) is 4.39 Å². The second-order valence-corrected chi connectivity index (χ2v) is 7.03. The lowest BCUT2D eigenvalue weighted by atomic mass is 9.77. The molecule has 2 unspecified atom stereocenters. The number of hydrogen-bond acceptors (Lipinski definition) is 1. The molecule has 0 aliphatic heterocycles. The molecule has 1 rings (SSSR count). The second-order valence-electron chi connectivity index (χ2n) is 7.03. The Morgan fingerprint density at radius 2 is 1.90 bits per heavy atom. The summed E-state index contributed by atoms with van der Waals surface area (Å²) in [7, 11) is 0. The highest BCUT2D eigenvalue weighted by molar-refractivity contribution is 5.27. The molecule has 0 spiro atoms. The van der Waals surface area contributed by atoms with Crippen LogP contribution in [0.3, 0.4) is 0 Å². The van der Waals surface area contributed by atoms with E-state index in [0.29, 0.717) is 17.4 Å². The van der Waals surface area contributed by atoms with Gasteiger partial charge in [0.15, 0.2) is 0 Å². The SMILES string of the molecule is CCNC(Cc1cc(F)ccc1C)CC(C)C(C)(C)C. The molecule has 2 heteroatoms. The van der Waals surface area contributed by atoms with Crippen molar-refractivity contribution in [2.75, 3.05) is 6.54 Å². The van der Waals surface area contributed by atoms with Gasteiger partial charge in [0, 0.05) is 6.04 Å². The Kier molecular flexibility index (Phi) is 6.19. The monoisotopic (exact) mass is 279 g/mol. The molecule has 0 heterocycles. The highest BCUT2D eigenvalue weighted by Crippen LogP contribution is 2.30. The minimum atomic E-state index is -0.135. The Bertz CT molecular complexity index is 420. The van der Waals surface area contributed by atoms with E-state index in [2.05, 4.69) is 46.9 Å². The summed E-state index contributed by atoms with van der Waals surface area (Å²) in [5.41, 5.74) is 2.61. The van der Waals surface area contributed by atoms with Crippen molar-refractivity contribution in [2.24, 2.45) is 11.3 Å². The first-order valence-corrected chi connectivity index (χ1v) is 7.72. The maximum Gasteiger partial charge on any atom is 0.123 e. The molecule has 114 valence electrons. The molecule has 0 fully saturated rings. The lowest BCUT2D eigenvalue weighted by molar-refractivity contribution is 0.222. The van der Waals surface area contributed by atoms with Gasteiger partial charge in [0.25, 0.3) is 0 Å². The zero-order valence-electron chi connectivity index (χ0n) is 13.9. The van der Waals surface area contributed by atoms with E-state index < -0.39 is 0 Å². The predicted octanol–water partition coefficient (Wildman–Crippen LogP) is 4.73. The van der Waals surface area contributed by atoms with Gasteiger partial charge in [0.2, 0.25) is 0 Å². The van der Waals surface area contributed by atoms with Gasteiger partial charge in [-0.25, -0.2) is 4.39 Å². The molecule has 0 saturated carbocycles. The number of aryl methyl sites for hydroxylation is 1. The molecule has 0 amide bonds. The third-order valence-electron chi connectivity index (χ3n) is 4.39. The molecule has 1 aromatic carbocycles. The van der Waals surface area contributed by atoms with Crippen LogP contribution >= 0.6 is 0 Å². The van der Waals surface area contributed by atoms with Crippen LogP contribution in [-0.2, 0) is 6.42 Å². The maximum atomic E-state index is 13.4. The quantitative estimate of drug-likeness (QED) is 0.794. The zero-order chi connectivity index (χ0) is 15.3. The van der Waals surface area contributed by atoms with E-state index in [1.165, 1.54) is 5.56 Å². The van der Waals surface area contributed by atoms with E-state index in [1.54, 1.807) is 12.1 Å². The second kappa shape index (κ2) is 7.21. The summed E-state index contributed by atoms with van der Waals surface area (Å²) in [6.45, 7) is 14.3. The van der Waals surface area contributed by atoms with Crippen molar-refractivity contribution < 1.29 is 4.39 Å². The summed E-state index contributed by atoms with van der Waals surface area (Å²) < 4.78 is 13.4. The minimum Gasteiger partial charge on any atom is -0.314 e. The van der Waals surface area contributed by atoms with Crippen molar-refractivity contribution in [3.05, 3.63) is 35.1 Å². The molecule has 20 heavy (non-hydrogen) atoms. The summed E-state index contributed by atoms with van der Waals surface area (Å²) in [5, 5.41) is 3.56. The number of nitrogens with one attached hydrogen (secondary N) is 1. The first-order valence-electron chi connectivity index (χ1n) is 7.72. The van der Waals surface area contributed by atoms with Crippen molar-refractivity contribution in [3.63, 3.8) is 0 Å². The molecule has 1 N–H and O–H groups in total. The molecule has 0 aromatic heterocycles. The van der Waals surface area contributed by atoms with Crippen LogP contribution in [0.2, 0.25) is 0 Å². The molecule has 0 bridgehead atoms. The number of rotatable bonds is 6. The van der Waals surface area contributed by atoms with Gasteiger partial charge in [-0.1, -0.05) is 40.7 Å². The summed E-state index contributed by atoms with van der Waals surface area (Å²) >= 11 is 0. The van der Waals surface area contributed by atoms with Crippen LogP contribution in [0.4, 0.5) is 4.39 Å². The Labute approximate surface area is 124 Å². The smallest absolute Gasteiger partial charge is 0.123 e. The van der Waals surface area contributed by atoms with Crippen LogP contribution in [0.15, 0.2) is 18.2 Å². The van der Waals surface area contributed by atoms with Crippen LogP contribution in [0.5, 0.6) is 0 Å². The largest absolute Gasteiger partial charge is 0.314 e. The predicted molar refractivity (Wildman–Crippen MR) is 85.5 cm³/mol. The molecule has 0 aliphatic rings. The normalized spacial score (nSPS) is 15.2. The van der Waals surface area contributed by atoms with Crippen LogP contribution in [0, 0.1) is 24.1 Å². The fraction of sp³-hybridized carbons (Fsp3) is 0.667. The summed E-state index contributed by atoms with van der Waals surface area (Å²) in [5.74, 6) is 0.491. The molecule has 1 nitrogen and oxygen atoms in total. The lowest BCUT2D eigenvalue weighted by Crippen LogP contribution is -2.35.